The molecule has 0 amide bonds. The second-order valence-electron chi connectivity index (χ2n) is 8.51. The first-order valence-corrected chi connectivity index (χ1v) is 11.0. The largest absolute Gasteiger partial charge is 0.478 e. The number of carboxylic acids is 1. The molecule has 0 spiro atoms. The topological polar surface area (TPSA) is 94.0 Å². The van der Waals surface area contributed by atoms with E-state index in [9.17, 15) is 9.90 Å². The molecule has 0 aliphatic rings. The zero-order valence-corrected chi connectivity index (χ0v) is 19.4. The number of pyridine rings is 2. The van der Waals surface area contributed by atoms with Gasteiger partial charge in [0.2, 0.25) is 0 Å². The number of hydrogen-bond acceptors (Lipinski definition) is 5. The van der Waals surface area contributed by atoms with Gasteiger partial charge in [-0.3, -0.25) is 9.97 Å². The van der Waals surface area contributed by atoms with Gasteiger partial charge in [0.05, 0.1) is 34.0 Å². The van der Waals surface area contributed by atoms with Crippen LogP contribution in [0.5, 0.6) is 0 Å². The van der Waals surface area contributed by atoms with Crippen LogP contribution in [-0.4, -0.2) is 30.8 Å². The summed E-state index contributed by atoms with van der Waals surface area (Å²) in [6, 6.07) is 13.4. The molecule has 1 atom stereocenters. The highest BCUT2D eigenvalue weighted by molar-refractivity contribution is 5.97. The Morgan fingerprint density at radius 1 is 1.06 bits per heavy atom. The number of carboxylic acid groups (broad SMARTS) is 1. The maximum absolute atomic E-state index is 11.8. The van der Waals surface area contributed by atoms with Crippen molar-refractivity contribution in [3.05, 3.63) is 89.3 Å². The van der Waals surface area contributed by atoms with Crippen LogP contribution < -0.4 is 0 Å². The van der Waals surface area contributed by atoms with Crippen molar-refractivity contribution in [1.29, 1.82) is 0 Å². The normalized spacial score (nSPS) is 11.9. The SMILES string of the molecule is C.Cc1ccc(-c2cn([C@@H](C)c3ccccn3)c3cc(-c4c(C)noc4C)cnc23)cc1C(=O)O. The number of hydrogen-bond donors (Lipinski definition) is 1. The van der Waals surface area contributed by atoms with Gasteiger partial charge >= 0.3 is 5.97 Å². The standard InChI is InChI=1S/C27H24N4O3.CH4/c1-15-8-9-19(11-21(15)27(32)33)22-14-31(17(3)23-7-5-6-10-28-23)24-12-20(13-29-26(22)24)25-16(2)30-34-18(25)4;/h5-14,17H,1-4H3,(H,32,33);1H4/t17-;/m0./s1. The molecule has 0 fully saturated rings. The van der Waals surface area contributed by atoms with Gasteiger partial charge in [0, 0.05) is 35.3 Å². The van der Waals surface area contributed by atoms with Crippen molar-refractivity contribution < 1.29 is 14.4 Å². The van der Waals surface area contributed by atoms with Gasteiger partial charge in [-0.15, -0.1) is 0 Å². The third-order valence-electron chi connectivity index (χ3n) is 6.30. The molecule has 0 aliphatic heterocycles. The number of fused-ring (bicyclic) bond motifs is 1. The number of carbonyl (C=O) groups is 1. The predicted octanol–water partition coefficient (Wildman–Crippen LogP) is 6.62. The molecule has 0 saturated carbocycles. The first-order chi connectivity index (χ1) is 16.3. The van der Waals surface area contributed by atoms with Gasteiger partial charge in [-0.05, 0) is 63.1 Å². The van der Waals surface area contributed by atoms with Crippen LogP contribution in [0, 0.1) is 20.8 Å². The van der Waals surface area contributed by atoms with Crippen LogP contribution in [0.25, 0.3) is 33.3 Å². The monoisotopic (exact) mass is 468 g/mol. The number of rotatable bonds is 5. The Bertz CT molecular complexity index is 1510. The lowest BCUT2D eigenvalue weighted by atomic mass is 10.0. The molecule has 0 unspecified atom stereocenters. The van der Waals surface area contributed by atoms with Gasteiger partial charge < -0.3 is 14.2 Å². The highest BCUT2D eigenvalue weighted by Gasteiger charge is 2.21. The molecule has 0 radical (unpaired) electrons. The molecular weight excluding hydrogens is 440 g/mol. The van der Waals surface area contributed by atoms with Crippen molar-refractivity contribution in [3.8, 4) is 22.3 Å². The smallest absolute Gasteiger partial charge is 0.335 e. The average Bonchev–Trinajstić information content (AvgIpc) is 3.38. The molecule has 7 nitrogen and oxygen atoms in total. The molecule has 7 heteroatoms. The first kappa shape index (κ1) is 23.9. The molecule has 0 aliphatic carbocycles. The van der Waals surface area contributed by atoms with Gasteiger partial charge in [0.15, 0.2) is 0 Å². The van der Waals surface area contributed by atoms with Gasteiger partial charge in [0.25, 0.3) is 0 Å². The van der Waals surface area contributed by atoms with Gasteiger partial charge in [-0.1, -0.05) is 30.8 Å². The van der Waals surface area contributed by atoms with E-state index in [0.717, 1.165) is 56.0 Å². The van der Waals surface area contributed by atoms with E-state index in [1.807, 2.05) is 56.6 Å². The van der Waals surface area contributed by atoms with E-state index in [1.165, 1.54) is 0 Å². The molecule has 35 heavy (non-hydrogen) atoms. The fourth-order valence-corrected chi connectivity index (χ4v) is 4.48. The van der Waals surface area contributed by atoms with Crippen LogP contribution in [0.1, 0.15) is 53.5 Å². The molecule has 0 bridgehead atoms. The fourth-order valence-electron chi connectivity index (χ4n) is 4.48. The van der Waals surface area contributed by atoms with E-state index in [0.29, 0.717) is 0 Å². The predicted molar refractivity (Wildman–Crippen MR) is 137 cm³/mol. The summed E-state index contributed by atoms with van der Waals surface area (Å²) in [6.07, 6.45) is 5.63. The maximum Gasteiger partial charge on any atom is 0.335 e. The summed E-state index contributed by atoms with van der Waals surface area (Å²) in [5.74, 6) is -0.210. The second kappa shape index (κ2) is 9.18. The first-order valence-electron chi connectivity index (χ1n) is 11.0. The van der Waals surface area contributed by atoms with E-state index in [-0.39, 0.29) is 19.0 Å². The third-order valence-corrected chi connectivity index (χ3v) is 6.30. The Labute approximate surface area is 204 Å². The third kappa shape index (κ3) is 4.10. The van der Waals surface area contributed by atoms with Crippen molar-refractivity contribution >= 4 is 17.0 Å². The van der Waals surface area contributed by atoms with Crippen molar-refractivity contribution in [1.82, 2.24) is 19.7 Å². The molecule has 0 saturated heterocycles. The van der Waals surface area contributed by atoms with Crippen LogP contribution >= 0.6 is 0 Å². The minimum atomic E-state index is -0.946. The zero-order chi connectivity index (χ0) is 24.0. The van der Waals surface area contributed by atoms with Crippen molar-refractivity contribution in [2.24, 2.45) is 0 Å². The van der Waals surface area contributed by atoms with Gasteiger partial charge in [-0.25, -0.2) is 4.79 Å². The van der Waals surface area contributed by atoms with Crippen LogP contribution in [-0.2, 0) is 0 Å². The summed E-state index contributed by atoms with van der Waals surface area (Å²) in [7, 11) is 0. The Hall–Kier alpha value is -4.26. The Balaban J connectivity index is 0.00000289. The van der Waals surface area contributed by atoms with E-state index < -0.39 is 5.97 Å². The minimum absolute atomic E-state index is 0. The highest BCUT2D eigenvalue weighted by Crippen LogP contribution is 2.36. The molecule has 178 valence electrons. The van der Waals surface area contributed by atoms with Crippen molar-refractivity contribution in [2.75, 3.05) is 0 Å². The average molecular weight is 469 g/mol. The van der Waals surface area contributed by atoms with E-state index >= 15 is 0 Å². The Morgan fingerprint density at radius 3 is 2.51 bits per heavy atom. The van der Waals surface area contributed by atoms with Crippen LogP contribution in [0.3, 0.4) is 0 Å². The minimum Gasteiger partial charge on any atom is -0.478 e. The van der Waals surface area contributed by atoms with Crippen LogP contribution in [0.4, 0.5) is 0 Å². The Morgan fingerprint density at radius 2 is 1.86 bits per heavy atom. The number of aryl methyl sites for hydroxylation is 3. The van der Waals surface area contributed by atoms with Crippen LogP contribution in [0.15, 0.2) is 65.6 Å². The zero-order valence-electron chi connectivity index (χ0n) is 19.4. The number of nitrogens with zero attached hydrogens (tertiary/aromatic N) is 4. The lowest BCUT2D eigenvalue weighted by Gasteiger charge is -2.15. The number of aromatic carboxylic acids is 1. The maximum atomic E-state index is 11.8. The molecule has 4 heterocycles. The molecule has 5 aromatic rings. The number of aromatic nitrogens is 4. The number of benzene rings is 1. The molecular formula is C28H28N4O3. The molecule has 5 rings (SSSR count). The lowest BCUT2D eigenvalue weighted by Crippen LogP contribution is -2.07. The van der Waals surface area contributed by atoms with Gasteiger partial charge in [0.1, 0.15) is 5.76 Å². The van der Waals surface area contributed by atoms with Crippen molar-refractivity contribution in [2.45, 2.75) is 41.2 Å². The van der Waals surface area contributed by atoms with E-state index in [1.54, 1.807) is 19.2 Å². The van der Waals surface area contributed by atoms with Gasteiger partial charge in [-0.2, -0.15) is 0 Å². The quantitative estimate of drug-likeness (QED) is 0.311. The lowest BCUT2D eigenvalue weighted by molar-refractivity contribution is 0.0696. The molecule has 1 N–H and O–H groups in total. The molecule has 4 aromatic heterocycles. The van der Waals surface area contributed by atoms with E-state index in [4.69, 9.17) is 9.51 Å². The van der Waals surface area contributed by atoms with Crippen molar-refractivity contribution in [3.63, 3.8) is 0 Å². The fraction of sp³-hybridized carbons (Fsp3) is 0.214. The summed E-state index contributed by atoms with van der Waals surface area (Å²) in [4.78, 5) is 21.1. The molecule has 1 aromatic carbocycles. The summed E-state index contributed by atoms with van der Waals surface area (Å²) >= 11 is 0. The second-order valence-corrected chi connectivity index (χ2v) is 8.51. The summed E-state index contributed by atoms with van der Waals surface area (Å²) in [5, 5.41) is 13.7. The highest BCUT2D eigenvalue weighted by atomic mass is 16.5. The summed E-state index contributed by atoms with van der Waals surface area (Å²) in [5.41, 5.74) is 7.95. The summed E-state index contributed by atoms with van der Waals surface area (Å²) in [6.45, 7) is 7.69. The van der Waals surface area contributed by atoms with E-state index in [2.05, 4.69) is 27.7 Å². The van der Waals surface area contributed by atoms with Crippen LogP contribution in [0.2, 0.25) is 0 Å². The summed E-state index contributed by atoms with van der Waals surface area (Å²) < 4.78 is 7.52. The Kier molecular flexibility index (Phi) is 6.26.